The lowest BCUT2D eigenvalue weighted by Gasteiger charge is -2.22. The highest BCUT2D eigenvalue weighted by Crippen LogP contribution is 2.26. The van der Waals surface area contributed by atoms with Crippen molar-refractivity contribution >= 4 is 12.4 Å². The van der Waals surface area contributed by atoms with Crippen LogP contribution in [0.25, 0.3) is 0 Å². The Morgan fingerprint density at radius 1 is 0.909 bits per heavy atom. The summed E-state index contributed by atoms with van der Waals surface area (Å²) in [7, 11) is 0. The third-order valence-electron chi connectivity index (χ3n) is 2.20. The highest BCUT2D eigenvalue weighted by molar-refractivity contribution is 5.85. The third-order valence-corrected chi connectivity index (χ3v) is 2.20. The fourth-order valence-corrected chi connectivity index (χ4v) is 1.41. The zero-order chi connectivity index (χ0) is 6.81. The summed E-state index contributed by atoms with van der Waals surface area (Å²) in [5, 5.41) is 3.33. The van der Waals surface area contributed by atoms with Crippen molar-refractivity contribution in [1.82, 2.24) is 5.32 Å². The maximum Gasteiger partial charge on any atom is 0.0603 e. The summed E-state index contributed by atoms with van der Waals surface area (Å²) in [6, 6.07) is 0. The molecule has 1 aliphatic carbocycles. The summed E-state index contributed by atoms with van der Waals surface area (Å²) in [4.78, 5) is 0. The number of piperidine rings is 1. The van der Waals surface area contributed by atoms with E-state index in [1.807, 2.05) is 0 Å². The second kappa shape index (κ2) is 4.29. The number of rotatable bonds is 2. The summed E-state index contributed by atoms with van der Waals surface area (Å²) < 4.78 is 5.76. The molecule has 1 saturated heterocycles. The zero-order valence-corrected chi connectivity index (χ0v) is 7.53. The average molecular weight is 178 g/mol. The summed E-state index contributed by atoms with van der Waals surface area (Å²) in [6.45, 7) is 2.30. The Morgan fingerprint density at radius 3 is 2.00 bits per heavy atom. The highest BCUT2D eigenvalue weighted by Gasteiger charge is 2.26. The molecule has 0 aromatic heterocycles. The lowest BCUT2D eigenvalue weighted by Crippen LogP contribution is -2.32. The van der Waals surface area contributed by atoms with Gasteiger partial charge in [-0.1, -0.05) is 0 Å². The molecule has 0 unspecified atom stereocenters. The van der Waals surface area contributed by atoms with Crippen molar-refractivity contribution in [2.24, 2.45) is 0 Å². The Bertz CT molecular complexity index is 111. The predicted octanol–water partition coefficient (Wildman–Crippen LogP) is 1.34. The summed E-state index contributed by atoms with van der Waals surface area (Å²) in [5.41, 5.74) is 0. The van der Waals surface area contributed by atoms with Gasteiger partial charge in [-0.25, -0.2) is 0 Å². The van der Waals surface area contributed by atoms with E-state index in [0.29, 0.717) is 12.2 Å². The molecule has 1 heterocycles. The first-order chi connectivity index (χ1) is 4.95. The van der Waals surface area contributed by atoms with Crippen LogP contribution >= 0.6 is 12.4 Å². The van der Waals surface area contributed by atoms with E-state index >= 15 is 0 Å². The minimum Gasteiger partial charge on any atom is -0.375 e. The molecular formula is C8H16ClNO. The Morgan fingerprint density at radius 2 is 1.45 bits per heavy atom. The summed E-state index contributed by atoms with van der Waals surface area (Å²) in [5.74, 6) is 0. The Kier molecular flexibility index (Phi) is 3.63. The first-order valence-electron chi connectivity index (χ1n) is 4.31. The van der Waals surface area contributed by atoms with Crippen LogP contribution in [0, 0.1) is 0 Å². The molecule has 0 amide bonds. The van der Waals surface area contributed by atoms with Crippen molar-refractivity contribution in [2.75, 3.05) is 13.1 Å². The van der Waals surface area contributed by atoms with Gasteiger partial charge in [-0.3, -0.25) is 0 Å². The van der Waals surface area contributed by atoms with E-state index in [2.05, 4.69) is 5.32 Å². The van der Waals surface area contributed by atoms with Gasteiger partial charge in [0.1, 0.15) is 0 Å². The molecule has 66 valence electrons. The van der Waals surface area contributed by atoms with Crippen LogP contribution < -0.4 is 5.32 Å². The van der Waals surface area contributed by atoms with Gasteiger partial charge in [0.15, 0.2) is 0 Å². The molecule has 0 aromatic rings. The smallest absolute Gasteiger partial charge is 0.0603 e. The molecule has 0 aromatic carbocycles. The third kappa shape index (κ3) is 2.97. The van der Waals surface area contributed by atoms with Crippen LogP contribution in [0.2, 0.25) is 0 Å². The van der Waals surface area contributed by atoms with E-state index < -0.39 is 0 Å². The lowest BCUT2D eigenvalue weighted by atomic mass is 10.1. The molecule has 2 fully saturated rings. The van der Waals surface area contributed by atoms with Crippen molar-refractivity contribution in [3.05, 3.63) is 0 Å². The lowest BCUT2D eigenvalue weighted by molar-refractivity contribution is 0.0208. The van der Waals surface area contributed by atoms with Crippen molar-refractivity contribution in [3.8, 4) is 0 Å². The van der Waals surface area contributed by atoms with Crippen molar-refractivity contribution in [1.29, 1.82) is 0 Å². The van der Waals surface area contributed by atoms with Crippen LogP contribution in [-0.2, 0) is 4.74 Å². The van der Waals surface area contributed by atoms with Crippen LogP contribution in [0.15, 0.2) is 0 Å². The number of hydrogen-bond acceptors (Lipinski definition) is 2. The van der Waals surface area contributed by atoms with E-state index in [1.165, 1.54) is 25.7 Å². The predicted molar refractivity (Wildman–Crippen MR) is 47.2 cm³/mol. The quantitative estimate of drug-likeness (QED) is 0.688. The number of halogens is 1. The molecule has 2 nitrogen and oxygen atoms in total. The molecule has 2 aliphatic rings. The fourth-order valence-electron chi connectivity index (χ4n) is 1.41. The minimum atomic E-state index is 0. The first kappa shape index (κ1) is 9.30. The van der Waals surface area contributed by atoms with E-state index in [0.717, 1.165) is 13.1 Å². The molecule has 2 rings (SSSR count). The number of hydrogen-bond donors (Lipinski definition) is 1. The van der Waals surface area contributed by atoms with Crippen molar-refractivity contribution in [3.63, 3.8) is 0 Å². The van der Waals surface area contributed by atoms with Gasteiger partial charge in [0.05, 0.1) is 12.2 Å². The Hall–Kier alpha value is 0.210. The van der Waals surface area contributed by atoms with Gasteiger partial charge < -0.3 is 10.1 Å². The van der Waals surface area contributed by atoms with Crippen LogP contribution in [-0.4, -0.2) is 25.3 Å². The van der Waals surface area contributed by atoms with Crippen molar-refractivity contribution < 1.29 is 4.74 Å². The van der Waals surface area contributed by atoms with Gasteiger partial charge >= 0.3 is 0 Å². The topological polar surface area (TPSA) is 21.3 Å². The Balaban J connectivity index is 0.000000605. The average Bonchev–Trinajstić information content (AvgIpc) is 2.74. The second-order valence-corrected chi connectivity index (χ2v) is 3.28. The highest BCUT2D eigenvalue weighted by atomic mass is 35.5. The molecular weight excluding hydrogens is 162 g/mol. The Labute approximate surface area is 74.1 Å². The molecule has 1 N–H and O–H groups in total. The molecule has 1 aliphatic heterocycles. The normalized spacial score (nSPS) is 26.2. The van der Waals surface area contributed by atoms with Crippen LogP contribution in [0.1, 0.15) is 25.7 Å². The van der Waals surface area contributed by atoms with Gasteiger partial charge in [0.25, 0.3) is 0 Å². The molecule has 0 radical (unpaired) electrons. The molecule has 0 atom stereocenters. The summed E-state index contributed by atoms with van der Waals surface area (Å²) in [6.07, 6.45) is 6.28. The number of nitrogens with one attached hydrogen (secondary N) is 1. The number of ether oxygens (including phenoxy) is 1. The molecule has 3 heteroatoms. The summed E-state index contributed by atoms with van der Waals surface area (Å²) >= 11 is 0. The van der Waals surface area contributed by atoms with E-state index in [9.17, 15) is 0 Å². The van der Waals surface area contributed by atoms with E-state index in [-0.39, 0.29) is 12.4 Å². The molecule has 1 saturated carbocycles. The second-order valence-electron chi connectivity index (χ2n) is 3.28. The SMILES string of the molecule is C1CC(OC2CC2)CCN1.Cl. The molecule has 11 heavy (non-hydrogen) atoms. The fraction of sp³-hybridized carbons (Fsp3) is 1.00. The van der Waals surface area contributed by atoms with E-state index in [4.69, 9.17) is 4.74 Å². The monoisotopic (exact) mass is 177 g/mol. The maximum atomic E-state index is 5.76. The molecule has 0 spiro atoms. The molecule has 0 bridgehead atoms. The van der Waals surface area contributed by atoms with Crippen LogP contribution in [0.3, 0.4) is 0 Å². The maximum absolute atomic E-state index is 5.76. The van der Waals surface area contributed by atoms with Gasteiger partial charge in [0.2, 0.25) is 0 Å². The van der Waals surface area contributed by atoms with Gasteiger partial charge in [-0.05, 0) is 38.8 Å². The van der Waals surface area contributed by atoms with Crippen LogP contribution in [0.5, 0.6) is 0 Å². The van der Waals surface area contributed by atoms with E-state index in [1.54, 1.807) is 0 Å². The van der Waals surface area contributed by atoms with Gasteiger partial charge in [0, 0.05) is 0 Å². The first-order valence-corrected chi connectivity index (χ1v) is 4.31. The van der Waals surface area contributed by atoms with Gasteiger partial charge in [-0.15, -0.1) is 12.4 Å². The minimum absolute atomic E-state index is 0. The van der Waals surface area contributed by atoms with Crippen LogP contribution in [0.4, 0.5) is 0 Å². The largest absolute Gasteiger partial charge is 0.375 e. The van der Waals surface area contributed by atoms with Crippen molar-refractivity contribution in [2.45, 2.75) is 37.9 Å². The zero-order valence-electron chi connectivity index (χ0n) is 6.71. The standard InChI is InChI=1S/C8H15NO.ClH/c1-2-7(1)10-8-3-5-9-6-4-8;/h7-9H,1-6H2;1H. The van der Waals surface area contributed by atoms with Gasteiger partial charge in [-0.2, -0.15) is 0 Å².